The molecule has 0 bridgehead atoms. The van der Waals surface area contributed by atoms with E-state index in [1.807, 2.05) is 0 Å². The highest BCUT2D eigenvalue weighted by molar-refractivity contribution is 6.00. The van der Waals surface area contributed by atoms with E-state index < -0.39 is 157 Å². The van der Waals surface area contributed by atoms with Crippen molar-refractivity contribution in [3.05, 3.63) is 0 Å². The molecule has 33 nitrogen and oxygen atoms in total. The van der Waals surface area contributed by atoms with Crippen LogP contribution in [0.25, 0.3) is 0 Å². The summed E-state index contributed by atoms with van der Waals surface area (Å²) in [6.45, 7) is 9.97. The highest BCUT2D eigenvalue weighted by atomic mass is 16.4. The maximum Gasteiger partial charge on any atom is 0.326 e. The zero-order valence-corrected chi connectivity index (χ0v) is 45.9. The highest BCUT2D eigenvalue weighted by Gasteiger charge is 2.37. The monoisotopic (exact) mass is 1140 g/mol. The Morgan fingerprint density at radius 1 is 0.375 bits per heavy atom. The van der Waals surface area contributed by atoms with Crippen LogP contribution in [-0.4, -0.2) is 172 Å². The van der Waals surface area contributed by atoms with Gasteiger partial charge in [0, 0.05) is 19.5 Å². The molecule has 0 saturated heterocycles. The number of rotatable bonds is 40. The third-order valence-electron chi connectivity index (χ3n) is 11.3. The average molecular weight is 1140 g/mol. The van der Waals surface area contributed by atoms with Crippen molar-refractivity contribution >= 4 is 88.9 Å². The van der Waals surface area contributed by atoms with Crippen molar-refractivity contribution in [1.29, 1.82) is 0 Å². The number of carboxylic acids is 3. The molecule has 9 atom stereocenters. The Morgan fingerprint density at radius 2 is 0.675 bits per heavy atom. The minimum atomic E-state index is -2.04. The SMILES string of the molecule is CC(C)C[C@H](NC(=O)[C@H](CCC(N)=O)NC(=O)[C@H](CC(C)C)NC(=O)[C@H](CCCN=C(N)N)NC(=O)[C@H](CC(N)=O)NC(=O)[C@H](CC(=O)O)NC(=O)[C@H](CC(C)C)NC(=O)[C@H](CCCN=C(N)N)NC(=O)[C@@H](N)CC(=O)O)C(=O)O. The normalized spacial score (nSPS) is 14.4. The number of primary amides is 2. The second-order valence-electron chi connectivity index (χ2n) is 20.1. The number of carbonyl (C=O) groups excluding carboxylic acids is 10. The van der Waals surface area contributed by atoms with Gasteiger partial charge in [-0.25, -0.2) is 4.79 Å². The lowest BCUT2D eigenvalue weighted by Crippen LogP contribution is -2.61. The van der Waals surface area contributed by atoms with E-state index >= 15 is 0 Å². The summed E-state index contributed by atoms with van der Waals surface area (Å²) in [5.74, 6) is -16.7. The number of aliphatic imine (C=N–C) groups is 2. The predicted octanol–water partition coefficient (Wildman–Crippen LogP) is -6.39. The van der Waals surface area contributed by atoms with Gasteiger partial charge in [0.1, 0.15) is 48.3 Å². The van der Waals surface area contributed by atoms with E-state index in [4.69, 9.17) is 45.2 Å². The fraction of sp³-hybridized carbons (Fsp3) is 0.681. The summed E-state index contributed by atoms with van der Waals surface area (Å²) in [6, 6.07) is -14.6. The first kappa shape index (κ1) is 71.6. The van der Waals surface area contributed by atoms with Gasteiger partial charge in [0.2, 0.25) is 59.1 Å². The Bertz CT molecular complexity index is 2240. The minimum Gasteiger partial charge on any atom is -0.481 e. The van der Waals surface area contributed by atoms with E-state index in [2.05, 4.69) is 52.5 Å². The fourth-order valence-electron chi connectivity index (χ4n) is 7.46. The fourth-order valence-corrected chi connectivity index (χ4v) is 7.46. The van der Waals surface area contributed by atoms with E-state index in [0.717, 1.165) is 0 Å². The lowest BCUT2D eigenvalue weighted by atomic mass is 10.00. The third kappa shape index (κ3) is 31.1. The van der Waals surface area contributed by atoms with E-state index in [9.17, 15) is 72.5 Å². The van der Waals surface area contributed by atoms with Crippen molar-refractivity contribution in [2.24, 2.45) is 67.9 Å². The molecule has 0 aromatic carbocycles. The summed E-state index contributed by atoms with van der Waals surface area (Å²) in [7, 11) is 0. The first-order valence-corrected chi connectivity index (χ1v) is 25.7. The zero-order chi connectivity index (χ0) is 61.6. The molecule has 10 amide bonds. The van der Waals surface area contributed by atoms with E-state index in [1.165, 1.54) is 0 Å². The van der Waals surface area contributed by atoms with Gasteiger partial charge in [0.15, 0.2) is 11.9 Å². The highest BCUT2D eigenvalue weighted by Crippen LogP contribution is 2.13. The second-order valence-corrected chi connectivity index (χ2v) is 20.1. The number of amides is 10. The summed E-state index contributed by atoms with van der Waals surface area (Å²) in [5.41, 5.74) is 38.1. The number of aliphatic carboxylic acids is 3. The molecule has 0 aliphatic rings. The predicted molar refractivity (Wildman–Crippen MR) is 286 cm³/mol. The van der Waals surface area contributed by atoms with Crippen LogP contribution in [-0.2, 0) is 62.3 Å². The van der Waals surface area contributed by atoms with Crippen molar-refractivity contribution < 1.29 is 77.6 Å². The third-order valence-corrected chi connectivity index (χ3v) is 11.3. The molecule has 0 spiro atoms. The Balaban J connectivity index is 6.99. The molecule has 0 fully saturated rings. The summed E-state index contributed by atoms with van der Waals surface area (Å²) < 4.78 is 0. The molecule has 0 aromatic rings. The van der Waals surface area contributed by atoms with Gasteiger partial charge in [0.25, 0.3) is 0 Å². The van der Waals surface area contributed by atoms with Gasteiger partial charge < -0.3 is 98.0 Å². The number of hydrogen-bond donors (Lipinski definition) is 18. The van der Waals surface area contributed by atoms with Crippen LogP contribution in [0.3, 0.4) is 0 Å². The van der Waals surface area contributed by atoms with Gasteiger partial charge in [-0.05, 0) is 69.1 Å². The molecule has 33 heteroatoms. The standard InChI is InChI=1S/C47H83N17O16/c1-21(2)15-28(41(75)59-27(11-12-33(49)65)40(74)64-32(45(79)80)17-23(5)6)60-39(73)26(10-8-14-56-47(53)54)58-43(77)30(19-34(50)66)62-44(78)31(20-36(69)70)63-42(76)29(16-22(3)4)61-38(72)25(9-7-13-55-46(51)52)57-37(71)24(48)18-35(67)68/h21-32H,7-20,48H2,1-6H3,(H2,49,65)(H2,50,66)(H,57,71)(H,58,77)(H,59,75)(H,60,73)(H,61,72)(H,62,78)(H,63,76)(H,64,74)(H,67,68)(H,69,70)(H,79,80)(H4,51,52,55)(H4,53,54,56)/t24-,25-,26-,27-,28-,29-,30-,31-,32-/m0/s1. The molecule has 80 heavy (non-hydrogen) atoms. The lowest BCUT2D eigenvalue weighted by Gasteiger charge is -2.28. The molecule has 0 aromatic heterocycles. The molecule has 0 radical (unpaired) electrons. The number of nitrogens with two attached hydrogens (primary N) is 7. The first-order valence-electron chi connectivity index (χ1n) is 25.7. The van der Waals surface area contributed by atoms with Crippen molar-refractivity contribution in [2.45, 2.75) is 173 Å². The number of guanidine groups is 2. The van der Waals surface area contributed by atoms with Gasteiger partial charge in [-0.3, -0.25) is 67.5 Å². The van der Waals surface area contributed by atoms with E-state index in [0.29, 0.717) is 0 Å². The second kappa shape index (κ2) is 36.7. The Kier molecular flexibility index (Phi) is 32.8. The molecule has 0 saturated carbocycles. The van der Waals surface area contributed by atoms with Crippen LogP contribution in [0.2, 0.25) is 0 Å². The first-order chi connectivity index (χ1) is 37.1. The summed E-state index contributed by atoms with van der Waals surface area (Å²) in [4.78, 5) is 177. The number of hydrogen-bond acceptors (Lipinski definition) is 16. The van der Waals surface area contributed by atoms with E-state index in [1.54, 1.807) is 41.5 Å². The van der Waals surface area contributed by atoms with Crippen molar-refractivity contribution in [1.82, 2.24) is 42.5 Å². The number of carboxylic acid groups (broad SMARTS) is 3. The van der Waals surface area contributed by atoms with Crippen LogP contribution in [0.15, 0.2) is 9.98 Å². The lowest BCUT2D eigenvalue weighted by molar-refractivity contribution is -0.143. The van der Waals surface area contributed by atoms with E-state index in [-0.39, 0.29) is 94.1 Å². The van der Waals surface area contributed by atoms with Gasteiger partial charge in [0.05, 0.1) is 25.3 Å². The summed E-state index contributed by atoms with van der Waals surface area (Å²) in [5, 5.41) is 47.5. The van der Waals surface area contributed by atoms with Crippen LogP contribution in [0.4, 0.5) is 0 Å². The number of nitrogens with one attached hydrogen (secondary N) is 8. The van der Waals surface area contributed by atoms with Crippen LogP contribution in [0.5, 0.6) is 0 Å². The van der Waals surface area contributed by atoms with Crippen LogP contribution in [0.1, 0.15) is 119 Å². The molecule has 0 rings (SSSR count). The molecule has 0 unspecified atom stereocenters. The maximum absolute atomic E-state index is 14.2. The Morgan fingerprint density at radius 3 is 1.01 bits per heavy atom. The number of carbonyl (C=O) groups is 13. The van der Waals surface area contributed by atoms with Crippen LogP contribution in [0, 0.1) is 17.8 Å². The van der Waals surface area contributed by atoms with Gasteiger partial charge in [-0.15, -0.1) is 0 Å². The summed E-state index contributed by atoms with van der Waals surface area (Å²) in [6.07, 6.45) is -4.34. The maximum atomic E-state index is 14.2. The van der Waals surface area contributed by atoms with Gasteiger partial charge >= 0.3 is 17.9 Å². The topological polar surface area (TPSA) is 586 Å². The zero-order valence-electron chi connectivity index (χ0n) is 45.9. The van der Waals surface area contributed by atoms with Crippen molar-refractivity contribution in [2.75, 3.05) is 13.1 Å². The Hall–Kier alpha value is -8.39. The average Bonchev–Trinajstić information content (AvgIpc) is 3.31. The largest absolute Gasteiger partial charge is 0.481 e. The number of nitrogens with zero attached hydrogens (tertiary/aromatic N) is 2. The minimum absolute atomic E-state index is 0.0114. The molecule has 452 valence electrons. The van der Waals surface area contributed by atoms with Gasteiger partial charge in [-0.2, -0.15) is 0 Å². The van der Waals surface area contributed by atoms with Crippen LogP contribution >= 0.6 is 0 Å². The van der Waals surface area contributed by atoms with Gasteiger partial charge in [-0.1, -0.05) is 41.5 Å². The molecule has 0 aliphatic heterocycles. The molecule has 0 aliphatic carbocycles. The van der Waals surface area contributed by atoms with Crippen molar-refractivity contribution in [3.8, 4) is 0 Å². The molecule has 25 N–H and O–H groups in total. The quantitative estimate of drug-likeness (QED) is 0.0154. The smallest absolute Gasteiger partial charge is 0.326 e. The summed E-state index contributed by atoms with van der Waals surface area (Å²) >= 11 is 0. The van der Waals surface area contributed by atoms with Crippen molar-refractivity contribution in [3.63, 3.8) is 0 Å². The molecular weight excluding hydrogens is 1060 g/mol. The molecule has 0 heterocycles. The van der Waals surface area contributed by atoms with Crippen LogP contribution < -0.4 is 82.7 Å². The Labute approximate surface area is 462 Å². The molecular formula is C47H83N17O16.